The normalized spacial score (nSPS) is 15.7. The fraction of sp³-hybridized carbons (Fsp3) is 0.600. The number of carbonyl (C=O) groups is 1. The summed E-state index contributed by atoms with van der Waals surface area (Å²) < 4.78 is 0. The number of nitrogen functional groups attached to an aromatic ring is 1. The number of fused-ring (bicyclic) bond motifs is 1. The van der Waals surface area contributed by atoms with Crippen molar-refractivity contribution in [3.63, 3.8) is 0 Å². The summed E-state index contributed by atoms with van der Waals surface area (Å²) in [7, 11) is 4.01. The lowest BCUT2D eigenvalue weighted by Gasteiger charge is -2.27. The van der Waals surface area contributed by atoms with Crippen LogP contribution in [0, 0.1) is 0 Å². The molecular formula is C10H16N4OS. The standard InChI is InChI=1S/C10H16N4OS/c1-13(2)5-6-14-4-3-7-8(9(14)15)16-10(11)12-7/h3-6H2,1-2H3,(H2,11,12). The van der Waals surface area contributed by atoms with Crippen molar-refractivity contribution in [3.05, 3.63) is 10.6 Å². The molecular weight excluding hydrogens is 224 g/mol. The Bertz CT molecular complexity index is 402. The molecule has 0 bridgehead atoms. The van der Waals surface area contributed by atoms with Crippen molar-refractivity contribution in [2.75, 3.05) is 39.5 Å². The summed E-state index contributed by atoms with van der Waals surface area (Å²) in [5.41, 5.74) is 6.49. The topological polar surface area (TPSA) is 62.5 Å². The van der Waals surface area contributed by atoms with Gasteiger partial charge in [-0.1, -0.05) is 11.3 Å². The summed E-state index contributed by atoms with van der Waals surface area (Å²) in [6.07, 6.45) is 0.822. The molecule has 0 atom stereocenters. The van der Waals surface area contributed by atoms with E-state index in [0.29, 0.717) is 5.13 Å². The van der Waals surface area contributed by atoms with E-state index in [-0.39, 0.29) is 5.91 Å². The second-order valence-corrected chi connectivity index (χ2v) is 5.20. The van der Waals surface area contributed by atoms with Gasteiger partial charge >= 0.3 is 0 Å². The van der Waals surface area contributed by atoms with Crippen LogP contribution in [-0.2, 0) is 6.42 Å². The second-order valence-electron chi connectivity index (χ2n) is 4.17. The van der Waals surface area contributed by atoms with E-state index in [1.165, 1.54) is 11.3 Å². The monoisotopic (exact) mass is 240 g/mol. The molecule has 0 fully saturated rings. The Balaban J connectivity index is 2.09. The SMILES string of the molecule is CN(C)CCN1CCc2nc(N)sc2C1=O. The zero-order valence-electron chi connectivity index (χ0n) is 9.56. The highest BCUT2D eigenvalue weighted by Gasteiger charge is 2.27. The van der Waals surface area contributed by atoms with Crippen molar-refractivity contribution in [1.29, 1.82) is 0 Å². The summed E-state index contributed by atoms with van der Waals surface area (Å²) in [5, 5.41) is 0.493. The average molecular weight is 240 g/mol. The number of anilines is 1. The molecule has 2 heterocycles. The van der Waals surface area contributed by atoms with E-state index in [0.717, 1.165) is 36.6 Å². The van der Waals surface area contributed by atoms with E-state index in [4.69, 9.17) is 5.73 Å². The Morgan fingerprint density at radius 2 is 2.31 bits per heavy atom. The van der Waals surface area contributed by atoms with Crippen molar-refractivity contribution < 1.29 is 4.79 Å². The lowest BCUT2D eigenvalue weighted by atomic mass is 10.1. The number of amides is 1. The fourth-order valence-corrected chi connectivity index (χ4v) is 2.57. The van der Waals surface area contributed by atoms with Crippen molar-refractivity contribution in [2.24, 2.45) is 0 Å². The number of thiazole rings is 1. The zero-order chi connectivity index (χ0) is 11.7. The second kappa shape index (κ2) is 4.39. The predicted molar refractivity (Wildman–Crippen MR) is 64.7 cm³/mol. The van der Waals surface area contributed by atoms with Gasteiger partial charge in [-0.2, -0.15) is 0 Å². The summed E-state index contributed by atoms with van der Waals surface area (Å²) >= 11 is 1.30. The molecule has 2 rings (SSSR count). The van der Waals surface area contributed by atoms with Crippen molar-refractivity contribution in [3.8, 4) is 0 Å². The third kappa shape index (κ3) is 2.17. The molecule has 1 aliphatic heterocycles. The van der Waals surface area contributed by atoms with Crippen LogP contribution < -0.4 is 5.73 Å². The number of likely N-dealkylation sites (N-methyl/N-ethyl adjacent to an activating group) is 1. The minimum atomic E-state index is 0.0808. The first-order valence-electron chi connectivity index (χ1n) is 5.27. The molecule has 5 nitrogen and oxygen atoms in total. The largest absolute Gasteiger partial charge is 0.375 e. The lowest BCUT2D eigenvalue weighted by molar-refractivity contribution is 0.0733. The van der Waals surface area contributed by atoms with Crippen LogP contribution in [-0.4, -0.2) is 54.4 Å². The van der Waals surface area contributed by atoms with Crippen LogP contribution in [0.15, 0.2) is 0 Å². The van der Waals surface area contributed by atoms with Crippen LogP contribution in [0.1, 0.15) is 15.4 Å². The first kappa shape index (κ1) is 11.3. The molecule has 6 heteroatoms. The quantitative estimate of drug-likeness (QED) is 0.824. The third-order valence-electron chi connectivity index (χ3n) is 2.63. The summed E-state index contributed by atoms with van der Waals surface area (Å²) in [5.74, 6) is 0.0808. The van der Waals surface area contributed by atoms with Crippen molar-refractivity contribution >= 4 is 22.4 Å². The van der Waals surface area contributed by atoms with Crippen LogP contribution in [0.2, 0.25) is 0 Å². The first-order chi connectivity index (χ1) is 7.58. The molecule has 16 heavy (non-hydrogen) atoms. The Morgan fingerprint density at radius 3 is 3.00 bits per heavy atom. The third-order valence-corrected chi connectivity index (χ3v) is 3.55. The Morgan fingerprint density at radius 1 is 1.56 bits per heavy atom. The summed E-state index contributed by atoms with van der Waals surface area (Å²) in [6.45, 7) is 2.40. The maximum absolute atomic E-state index is 12.1. The van der Waals surface area contributed by atoms with Crippen molar-refractivity contribution in [1.82, 2.24) is 14.8 Å². The number of aromatic nitrogens is 1. The molecule has 0 aliphatic carbocycles. The number of hydrogen-bond acceptors (Lipinski definition) is 5. The highest BCUT2D eigenvalue weighted by Crippen LogP contribution is 2.26. The van der Waals surface area contributed by atoms with Crippen molar-refractivity contribution in [2.45, 2.75) is 6.42 Å². The maximum Gasteiger partial charge on any atom is 0.265 e. The van der Waals surface area contributed by atoms with E-state index in [1.54, 1.807) is 0 Å². The molecule has 0 unspecified atom stereocenters. The van der Waals surface area contributed by atoms with E-state index in [2.05, 4.69) is 9.88 Å². The van der Waals surface area contributed by atoms with Gasteiger partial charge < -0.3 is 15.5 Å². The molecule has 0 saturated heterocycles. The predicted octanol–water partition coefficient (Wildman–Crippen LogP) is 0.285. The number of hydrogen-bond donors (Lipinski definition) is 1. The summed E-state index contributed by atoms with van der Waals surface area (Å²) in [6, 6.07) is 0. The Labute approximate surface area is 98.9 Å². The number of nitrogens with two attached hydrogens (primary N) is 1. The van der Waals surface area contributed by atoms with Gasteiger partial charge in [0.2, 0.25) is 0 Å². The molecule has 2 N–H and O–H groups in total. The van der Waals surface area contributed by atoms with Crippen LogP contribution in [0.4, 0.5) is 5.13 Å². The van der Waals surface area contributed by atoms with E-state index in [9.17, 15) is 4.79 Å². The minimum Gasteiger partial charge on any atom is -0.375 e. The smallest absolute Gasteiger partial charge is 0.265 e. The Kier molecular flexibility index (Phi) is 3.11. The molecule has 0 spiro atoms. The van der Waals surface area contributed by atoms with Gasteiger partial charge in [0, 0.05) is 26.1 Å². The van der Waals surface area contributed by atoms with Gasteiger partial charge in [-0.3, -0.25) is 4.79 Å². The fourth-order valence-electron chi connectivity index (χ4n) is 1.73. The molecule has 0 radical (unpaired) electrons. The van der Waals surface area contributed by atoms with Crippen LogP contribution in [0.3, 0.4) is 0 Å². The number of carbonyl (C=O) groups excluding carboxylic acids is 1. The molecule has 1 aliphatic rings. The maximum atomic E-state index is 12.1. The van der Waals surface area contributed by atoms with Gasteiger partial charge in [0.25, 0.3) is 5.91 Å². The molecule has 1 aromatic heterocycles. The van der Waals surface area contributed by atoms with E-state index in [1.807, 2.05) is 19.0 Å². The molecule has 1 aromatic rings. The highest BCUT2D eigenvalue weighted by molar-refractivity contribution is 7.17. The molecule has 0 aromatic carbocycles. The first-order valence-corrected chi connectivity index (χ1v) is 6.09. The van der Waals surface area contributed by atoms with Gasteiger partial charge in [-0.05, 0) is 14.1 Å². The average Bonchev–Trinajstić information content (AvgIpc) is 2.58. The van der Waals surface area contributed by atoms with Gasteiger partial charge in [-0.25, -0.2) is 4.98 Å². The van der Waals surface area contributed by atoms with Gasteiger partial charge in [-0.15, -0.1) is 0 Å². The van der Waals surface area contributed by atoms with Crippen LogP contribution in [0.5, 0.6) is 0 Å². The molecule has 0 saturated carbocycles. The van der Waals surface area contributed by atoms with Gasteiger partial charge in [0.15, 0.2) is 5.13 Å². The van der Waals surface area contributed by atoms with Crippen LogP contribution >= 0.6 is 11.3 Å². The lowest BCUT2D eigenvalue weighted by Crippen LogP contribution is -2.40. The Hall–Kier alpha value is -1.14. The number of nitrogens with zero attached hydrogens (tertiary/aromatic N) is 3. The van der Waals surface area contributed by atoms with E-state index < -0.39 is 0 Å². The zero-order valence-corrected chi connectivity index (χ0v) is 10.4. The minimum absolute atomic E-state index is 0.0808. The van der Waals surface area contributed by atoms with Crippen LogP contribution in [0.25, 0.3) is 0 Å². The van der Waals surface area contributed by atoms with E-state index >= 15 is 0 Å². The molecule has 1 amide bonds. The number of rotatable bonds is 3. The highest BCUT2D eigenvalue weighted by atomic mass is 32.1. The summed E-state index contributed by atoms with van der Waals surface area (Å²) in [4.78, 5) is 20.9. The van der Waals surface area contributed by atoms with Gasteiger partial charge in [0.05, 0.1) is 5.69 Å². The van der Waals surface area contributed by atoms with Gasteiger partial charge in [0.1, 0.15) is 4.88 Å². The molecule has 88 valence electrons.